The van der Waals surface area contributed by atoms with Gasteiger partial charge in [-0.1, -0.05) is 30.3 Å². The van der Waals surface area contributed by atoms with Crippen molar-refractivity contribution in [2.24, 2.45) is 7.05 Å². The standard InChI is InChI=1S/C25H26N4O4S/c1-17-10-11-20(34-17)15-28(14-19-9-6-12-33-19)16-21(30)22-23(26)29(25(32)27(2)24(22)31)13-18-7-4-3-5-8-18/h3-12H,13-16,26H2,1-2H3. The van der Waals surface area contributed by atoms with Gasteiger partial charge in [0.2, 0.25) is 0 Å². The van der Waals surface area contributed by atoms with Crippen molar-refractivity contribution in [3.8, 4) is 0 Å². The lowest BCUT2D eigenvalue weighted by atomic mass is 10.1. The molecule has 3 heterocycles. The average molecular weight is 479 g/mol. The molecule has 0 aliphatic heterocycles. The Morgan fingerprint density at radius 2 is 1.82 bits per heavy atom. The number of anilines is 1. The number of furan rings is 1. The van der Waals surface area contributed by atoms with Crippen LogP contribution >= 0.6 is 11.3 Å². The van der Waals surface area contributed by atoms with E-state index in [1.165, 1.54) is 16.5 Å². The number of nitrogen functional groups attached to an aromatic ring is 1. The first-order valence-electron chi connectivity index (χ1n) is 10.8. The molecular formula is C25H26N4O4S. The third-order valence-electron chi connectivity index (χ3n) is 5.55. The molecule has 4 rings (SSSR count). The molecule has 1 aromatic carbocycles. The van der Waals surface area contributed by atoms with E-state index in [0.29, 0.717) is 18.8 Å². The Balaban J connectivity index is 1.66. The zero-order valence-electron chi connectivity index (χ0n) is 19.1. The molecule has 0 fully saturated rings. The highest BCUT2D eigenvalue weighted by Gasteiger charge is 2.24. The van der Waals surface area contributed by atoms with Crippen LogP contribution in [0.3, 0.4) is 0 Å². The monoisotopic (exact) mass is 478 g/mol. The first-order valence-corrected chi connectivity index (χ1v) is 11.6. The van der Waals surface area contributed by atoms with Gasteiger partial charge in [-0.15, -0.1) is 11.3 Å². The van der Waals surface area contributed by atoms with Crippen LogP contribution in [0.2, 0.25) is 0 Å². The number of carbonyl (C=O) groups excluding carboxylic acids is 1. The van der Waals surface area contributed by atoms with Crippen LogP contribution in [0.15, 0.2) is 74.9 Å². The predicted molar refractivity (Wildman–Crippen MR) is 132 cm³/mol. The fourth-order valence-corrected chi connectivity index (χ4v) is 4.76. The lowest BCUT2D eigenvalue weighted by molar-refractivity contribution is 0.0913. The topological polar surface area (TPSA) is 103 Å². The average Bonchev–Trinajstić information content (AvgIpc) is 3.47. The van der Waals surface area contributed by atoms with Crippen molar-refractivity contribution >= 4 is 22.9 Å². The molecular weight excluding hydrogens is 452 g/mol. The number of nitrogens with two attached hydrogens (primary N) is 1. The van der Waals surface area contributed by atoms with Gasteiger partial charge >= 0.3 is 5.69 Å². The summed E-state index contributed by atoms with van der Waals surface area (Å²) in [6.45, 7) is 3.02. The van der Waals surface area contributed by atoms with E-state index in [9.17, 15) is 14.4 Å². The number of rotatable bonds is 9. The third-order valence-corrected chi connectivity index (χ3v) is 6.53. The highest BCUT2D eigenvalue weighted by molar-refractivity contribution is 7.11. The number of benzene rings is 1. The van der Waals surface area contributed by atoms with Gasteiger partial charge in [0.05, 0.1) is 25.9 Å². The summed E-state index contributed by atoms with van der Waals surface area (Å²) in [5.41, 5.74) is 5.66. The molecule has 0 bridgehead atoms. The molecule has 0 saturated heterocycles. The highest BCUT2D eigenvalue weighted by atomic mass is 32.1. The second-order valence-corrected chi connectivity index (χ2v) is 9.51. The van der Waals surface area contributed by atoms with Gasteiger partial charge < -0.3 is 10.2 Å². The van der Waals surface area contributed by atoms with Crippen LogP contribution in [0.4, 0.5) is 5.82 Å². The van der Waals surface area contributed by atoms with E-state index >= 15 is 0 Å². The van der Waals surface area contributed by atoms with E-state index in [2.05, 4.69) is 0 Å². The molecule has 8 nitrogen and oxygen atoms in total. The molecule has 0 unspecified atom stereocenters. The molecule has 0 saturated carbocycles. The van der Waals surface area contributed by atoms with Gasteiger partial charge in [0.25, 0.3) is 5.56 Å². The minimum Gasteiger partial charge on any atom is -0.468 e. The highest BCUT2D eigenvalue weighted by Crippen LogP contribution is 2.19. The van der Waals surface area contributed by atoms with E-state index < -0.39 is 17.0 Å². The van der Waals surface area contributed by atoms with E-state index in [1.54, 1.807) is 23.7 Å². The Bertz CT molecular complexity index is 1400. The molecule has 0 spiro atoms. The summed E-state index contributed by atoms with van der Waals surface area (Å²) in [5.74, 6) is 0.141. The van der Waals surface area contributed by atoms with Crippen LogP contribution in [0.5, 0.6) is 0 Å². The maximum Gasteiger partial charge on any atom is 0.332 e. The first kappa shape index (κ1) is 23.5. The van der Waals surface area contributed by atoms with Crippen LogP contribution in [0.25, 0.3) is 0 Å². The molecule has 176 valence electrons. The molecule has 0 radical (unpaired) electrons. The predicted octanol–water partition coefficient (Wildman–Crippen LogP) is 3.03. The SMILES string of the molecule is Cc1ccc(CN(CC(=O)c2c(N)n(Cc3ccccc3)c(=O)n(C)c2=O)Cc2ccco2)s1. The zero-order valence-corrected chi connectivity index (χ0v) is 19.9. The quantitative estimate of drug-likeness (QED) is 0.371. The molecule has 3 aromatic heterocycles. The second kappa shape index (κ2) is 10.1. The Kier molecular flexibility index (Phi) is 6.95. The number of aromatic nitrogens is 2. The summed E-state index contributed by atoms with van der Waals surface area (Å²) >= 11 is 1.65. The Labute approximate surface area is 200 Å². The molecule has 34 heavy (non-hydrogen) atoms. The van der Waals surface area contributed by atoms with Crippen LogP contribution in [0, 0.1) is 6.92 Å². The Hall–Kier alpha value is -3.69. The minimum atomic E-state index is -0.693. The van der Waals surface area contributed by atoms with Gasteiger partial charge in [-0.2, -0.15) is 0 Å². The smallest absolute Gasteiger partial charge is 0.332 e. The van der Waals surface area contributed by atoms with E-state index in [0.717, 1.165) is 15.0 Å². The van der Waals surface area contributed by atoms with Crippen LogP contribution < -0.4 is 17.0 Å². The van der Waals surface area contributed by atoms with Crippen molar-refractivity contribution in [2.45, 2.75) is 26.6 Å². The van der Waals surface area contributed by atoms with Crippen molar-refractivity contribution in [3.63, 3.8) is 0 Å². The Morgan fingerprint density at radius 3 is 2.47 bits per heavy atom. The number of hydrogen-bond donors (Lipinski definition) is 1. The fourth-order valence-electron chi connectivity index (χ4n) is 3.83. The number of thiophene rings is 1. The summed E-state index contributed by atoms with van der Waals surface area (Å²) in [7, 11) is 1.36. The van der Waals surface area contributed by atoms with Gasteiger partial charge in [-0.25, -0.2) is 4.79 Å². The number of ketones is 1. The van der Waals surface area contributed by atoms with Gasteiger partial charge in [-0.3, -0.25) is 23.6 Å². The maximum absolute atomic E-state index is 13.4. The van der Waals surface area contributed by atoms with Crippen LogP contribution in [-0.4, -0.2) is 26.4 Å². The lowest BCUT2D eigenvalue weighted by Gasteiger charge is -2.21. The lowest BCUT2D eigenvalue weighted by Crippen LogP contribution is -2.44. The summed E-state index contributed by atoms with van der Waals surface area (Å²) in [4.78, 5) is 43.3. The first-order chi connectivity index (χ1) is 16.3. The Morgan fingerprint density at radius 1 is 1.06 bits per heavy atom. The van der Waals surface area contributed by atoms with Gasteiger partial charge in [-0.05, 0) is 36.8 Å². The number of aryl methyl sites for hydroxylation is 1. The normalized spacial score (nSPS) is 11.3. The van der Waals surface area contributed by atoms with E-state index in [4.69, 9.17) is 10.2 Å². The summed E-state index contributed by atoms with van der Waals surface area (Å²) < 4.78 is 7.68. The minimum absolute atomic E-state index is 0.0549. The number of carbonyl (C=O) groups is 1. The molecule has 0 aliphatic carbocycles. The maximum atomic E-state index is 13.4. The van der Waals surface area contributed by atoms with Gasteiger partial charge in [0, 0.05) is 23.3 Å². The molecule has 0 aliphatic rings. The number of nitrogens with zero attached hydrogens (tertiary/aromatic N) is 3. The molecule has 9 heteroatoms. The van der Waals surface area contributed by atoms with Gasteiger partial charge in [0.15, 0.2) is 5.78 Å². The molecule has 0 amide bonds. The van der Waals surface area contributed by atoms with Crippen molar-refractivity contribution < 1.29 is 9.21 Å². The summed E-state index contributed by atoms with van der Waals surface area (Å²) in [6, 6.07) is 17.0. The van der Waals surface area contributed by atoms with Crippen molar-refractivity contribution in [3.05, 3.63) is 108 Å². The number of hydrogen-bond acceptors (Lipinski definition) is 7. The summed E-state index contributed by atoms with van der Waals surface area (Å²) in [5, 5.41) is 0. The zero-order chi connectivity index (χ0) is 24.2. The largest absolute Gasteiger partial charge is 0.468 e. The van der Waals surface area contributed by atoms with Crippen molar-refractivity contribution in [2.75, 3.05) is 12.3 Å². The second-order valence-electron chi connectivity index (χ2n) is 8.14. The fraction of sp³-hybridized carbons (Fsp3) is 0.240. The van der Waals surface area contributed by atoms with Crippen LogP contribution in [-0.2, 0) is 26.7 Å². The van der Waals surface area contributed by atoms with Crippen molar-refractivity contribution in [1.29, 1.82) is 0 Å². The third kappa shape index (κ3) is 5.11. The summed E-state index contributed by atoms with van der Waals surface area (Å²) in [6.07, 6.45) is 1.58. The van der Waals surface area contributed by atoms with E-state index in [-0.39, 0.29) is 24.5 Å². The van der Waals surface area contributed by atoms with E-state index in [1.807, 2.05) is 60.4 Å². The molecule has 2 N–H and O–H groups in total. The molecule has 0 atom stereocenters. The van der Waals surface area contributed by atoms with Crippen LogP contribution in [0.1, 0.15) is 31.4 Å². The van der Waals surface area contributed by atoms with Crippen molar-refractivity contribution in [1.82, 2.24) is 14.0 Å². The van der Waals surface area contributed by atoms with Gasteiger partial charge in [0.1, 0.15) is 17.1 Å². The number of Topliss-reactive ketones (excluding diaryl/α,β-unsaturated/α-hetero) is 1. The molecule has 4 aromatic rings.